The van der Waals surface area contributed by atoms with Crippen LogP contribution in [0.15, 0.2) is 0 Å². The molecule has 0 heterocycles. The third-order valence-corrected chi connectivity index (χ3v) is 4.93. The number of hydrogen-bond acceptors (Lipinski definition) is 3. The van der Waals surface area contributed by atoms with Crippen LogP contribution in [-0.4, -0.2) is 41.7 Å². The van der Waals surface area contributed by atoms with E-state index in [2.05, 4.69) is 11.9 Å². The van der Waals surface area contributed by atoms with Gasteiger partial charge in [0.25, 0.3) is 0 Å². The second kappa shape index (κ2) is 5.17. The van der Waals surface area contributed by atoms with Crippen molar-refractivity contribution < 1.29 is 9.90 Å². The topological polar surface area (TPSA) is 66.6 Å². The fourth-order valence-corrected chi connectivity index (χ4v) is 3.62. The van der Waals surface area contributed by atoms with E-state index in [1.165, 1.54) is 25.7 Å². The highest BCUT2D eigenvalue weighted by atomic mass is 16.4. The molecule has 4 atom stereocenters. The van der Waals surface area contributed by atoms with Gasteiger partial charge in [0.2, 0.25) is 0 Å². The van der Waals surface area contributed by atoms with Gasteiger partial charge in [-0.05, 0) is 57.4 Å². The largest absolute Gasteiger partial charge is 0.480 e. The highest BCUT2D eigenvalue weighted by Crippen LogP contribution is 2.48. The minimum atomic E-state index is -1.09. The summed E-state index contributed by atoms with van der Waals surface area (Å²) >= 11 is 0. The smallest absolute Gasteiger partial charge is 0.323 e. The van der Waals surface area contributed by atoms with Crippen molar-refractivity contribution >= 4 is 5.97 Å². The van der Waals surface area contributed by atoms with Crippen molar-refractivity contribution in [3.63, 3.8) is 0 Å². The molecule has 18 heavy (non-hydrogen) atoms. The third-order valence-electron chi connectivity index (χ3n) is 4.93. The van der Waals surface area contributed by atoms with Gasteiger partial charge in [-0.25, -0.2) is 0 Å². The molecule has 2 saturated carbocycles. The first kappa shape index (κ1) is 13.8. The molecule has 104 valence electrons. The minimum Gasteiger partial charge on any atom is -0.480 e. The first-order valence-electron chi connectivity index (χ1n) is 7.09. The first-order valence-corrected chi connectivity index (χ1v) is 7.09. The third kappa shape index (κ3) is 3.04. The van der Waals surface area contributed by atoms with Crippen molar-refractivity contribution in [1.82, 2.24) is 4.90 Å². The van der Waals surface area contributed by atoms with Crippen LogP contribution in [0, 0.1) is 17.8 Å². The van der Waals surface area contributed by atoms with Gasteiger partial charge in [0.05, 0.1) is 0 Å². The number of fused-ring (bicyclic) bond motifs is 2. The van der Waals surface area contributed by atoms with Crippen LogP contribution in [0.5, 0.6) is 0 Å². The molecule has 4 unspecified atom stereocenters. The molecule has 0 aromatic carbocycles. The van der Waals surface area contributed by atoms with Crippen LogP contribution in [0.1, 0.15) is 39.0 Å². The van der Waals surface area contributed by atoms with E-state index >= 15 is 0 Å². The molecule has 3 N–H and O–H groups in total. The standard InChI is InChI=1S/C14H26N2O2/c1-14(15,13(17)18)5-6-16(2)9-12-8-10-3-4-11(12)7-10/h10-12H,3-9,15H2,1-2H3,(H,17,18). The zero-order valence-corrected chi connectivity index (χ0v) is 11.6. The van der Waals surface area contributed by atoms with E-state index in [0.717, 1.165) is 30.8 Å². The van der Waals surface area contributed by atoms with Gasteiger partial charge in [0, 0.05) is 13.1 Å². The normalized spacial score (nSPS) is 33.9. The number of rotatable bonds is 6. The Labute approximate surface area is 110 Å². The quantitative estimate of drug-likeness (QED) is 0.754. The summed E-state index contributed by atoms with van der Waals surface area (Å²) in [6, 6.07) is 0. The minimum absolute atomic E-state index is 0.514. The fraction of sp³-hybridized carbons (Fsp3) is 0.929. The number of hydrogen-bond donors (Lipinski definition) is 2. The van der Waals surface area contributed by atoms with E-state index in [9.17, 15) is 4.79 Å². The summed E-state index contributed by atoms with van der Waals surface area (Å²) in [6.07, 6.45) is 6.17. The maximum Gasteiger partial charge on any atom is 0.323 e. The first-order chi connectivity index (χ1) is 8.38. The van der Waals surface area contributed by atoms with Gasteiger partial charge in [-0.2, -0.15) is 0 Å². The summed E-state index contributed by atoms with van der Waals surface area (Å²) < 4.78 is 0. The zero-order chi connectivity index (χ0) is 13.3. The Bertz CT molecular complexity index is 317. The number of carbonyl (C=O) groups is 1. The van der Waals surface area contributed by atoms with Gasteiger partial charge in [0.15, 0.2) is 0 Å². The SMILES string of the molecule is CN(CCC(C)(N)C(=O)O)CC1CC2CCC1C2. The monoisotopic (exact) mass is 254 g/mol. The second-order valence-electron chi connectivity index (χ2n) is 6.67. The zero-order valence-electron chi connectivity index (χ0n) is 11.6. The maximum absolute atomic E-state index is 10.9. The fourth-order valence-electron chi connectivity index (χ4n) is 3.62. The van der Waals surface area contributed by atoms with Gasteiger partial charge in [-0.1, -0.05) is 6.42 Å². The predicted molar refractivity (Wildman–Crippen MR) is 71.3 cm³/mol. The van der Waals surface area contributed by atoms with Crippen LogP contribution in [0.4, 0.5) is 0 Å². The summed E-state index contributed by atoms with van der Waals surface area (Å²) in [5.41, 5.74) is 4.66. The molecular weight excluding hydrogens is 228 g/mol. The van der Waals surface area contributed by atoms with Gasteiger partial charge >= 0.3 is 5.97 Å². The van der Waals surface area contributed by atoms with Crippen molar-refractivity contribution in [2.75, 3.05) is 20.1 Å². The van der Waals surface area contributed by atoms with E-state index in [4.69, 9.17) is 10.8 Å². The molecule has 2 fully saturated rings. The lowest BCUT2D eigenvalue weighted by Gasteiger charge is -2.29. The van der Waals surface area contributed by atoms with Crippen molar-refractivity contribution in [2.45, 2.75) is 44.6 Å². The van der Waals surface area contributed by atoms with Crippen LogP contribution in [-0.2, 0) is 4.79 Å². The molecule has 0 aromatic rings. The molecule has 0 aliphatic heterocycles. The lowest BCUT2D eigenvalue weighted by Crippen LogP contribution is -2.47. The Morgan fingerprint density at radius 3 is 2.67 bits per heavy atom. The molecule has 2 aliphatic rings. The summed E-state index contributed by atoms with van der Waals surface area (Å²) in [5.74, 6) is 1.84. The molecular formula is C14H26N2O2. The van der Waals surface area contributed by atoms with Crippen molar-refractivity contribution in [3.05, 3.63) is 0 Å². The predicted octanol–water partition coefficient (Wildman–Crippen LogP) is 1.55. The number of carboxylic acid groups (broad SMARTS) is 1. The molecule has 2 aliphatic carbocycles. The maximum atomic E-state index is 10.9. The Hall–Kier alpha value is -0.610. The Morgan fingerprint density at radius 2 is 2.17 bits per heavy atom. The molecule has 2 bridgehead atoms. The van der Waals surface area contributed by atoms with Gasteiger partial charge in [-0.15, -0.1) is 0 Å². The molecule has 0 spiro atoms. The van der Waals surface area contributed by atoms with Gasteiger partial charge in [-0.3, -0.25) is 4.79 Å². The highest BCUT2D eigenvalue weighted by Gasteiger charge is 2.39. The second-order valence-corrected chi connectivity index (χ2v) is 6.67. The van der Waals surface area contributed by atoms with Crippen LogP contribution < -0.4 is 5.73 Å². The summed E-state index contributed by atoms with van der Waals surface area (Å²) in [7, 11) is 2.09. The Balaban J connectivity index is 1.72. The van der Waals surface area contributed by atoms with Crippen LogP contribution in [0.25, 0.3) is 0 Å². The summed E-state index contributed by atoms with van der Waals surface area (Å²) in [5, 5.41) is 8.98. The molecule has 4 nitrogen and oxygen atoms in total. The number of aliphatic carboxylic acids is 1. The van der Waals surface area contributed by atoms with Crippen LogP contribution >= 0.6 is 0 Å². The average molecular weight is 254 g/mol. The average Bonchev–Trinajstić information content (AvgIpc) is 2.88. The molecule has 0 aromatic heterocycles. The lowest BCUT2D eigenvalue weighted by molar-refractivity contribution is -0.143. The molecule has 4 heteroatoms. The molecule has 2 rings (SSSR count). The summed E-state index contributed by atoms with van der Waals surface area (Å²) in [4.78, 5) is 13.2. The highest BCUT2D eigenvalue weighted by molar-refractivity contribution is 5.77. The van der Waals surface area contributed by atoms with Crippen molar-refractivity contribution in [1.29, 1.82) is 0 Å². The lowest BCUT2D eigenvalue weighted by atomic mass is 9.88. The van der Waals surface area contributed by atoms with E-state index in [1.54, 1.807) is 6.92 Å². The van der Waals surface area contributed by atoms with Crippen molar-refractivity contribution in [3.8, 4) is 0 Å². The van der Waals surface area contributed by atoms with Crippen molar-refractivity contribution in [2.24, 2.45) is 23.5 Å². The van der Waals surface area contributed by atoms with Crippen LogP contribution in [0.3, 0.4) is 0 Å². The molecule has 0 saturated heterocycles. The van der Waals surface area contributed by atoms with E-state index in [-0.39, 0.29) is 0 Å². The Kier molecular flexibility index (Phi) is 3.97. The summed E-state index contributed by atoms with van der Waals surface area (Å²) in [6.45, 7) is 3.48. The Morgan fingerprint density at radius 1 is 1.44 bits per heavy atom. The van der Waals surface area contributed by atoms with E-state index in [0.29, 0.717) is 6.42 Å². The number of nitrogens with two attached hydrogens (primary N) is 1. The van der Waals surface area contributed by atoms with E-state index < -0.39 is 11.5 Å². The number of nitrogens with zero attached hydrogens (tertiary/aromatic N) is 1. The van der Waals surface area contributed by atoms with Crippen LogP contribution in [0.2, 0.25) is 0 Å². The molecule has 0 radical (unpaired) electrons. The van der Waals surface area contributed by atoms with E-state index in [1.807, 2.05) is 0 Å². The van der Waals surface area contributed by atoms with Gasteiger partial charge in [0.1, 0.15) is 5.54 Å². The van der Waals surface area contributed by atoms with Gasteiger partial charge < -0.3 is 15.7 Å². The number of carboxylic acids is 1. The molecule has 0 amide bonds.